The van der Waals surface area contributed by atoms with E-state index < -0.39 is 17.7 Å². The third-order valence-electron chi connectivity index (χ3n) is 3.09. The van der Waals surface area contributed by atoms with E-state index in [1.54, 1.807) is 25.3 Å². The Kier molecular flexibility index (Phi) is 4.73. The molecule has 0 aliphatic heterocycles. The fraction of sp³-hybridized carbons (Fsp3) is 0.200. The smallest absolute Gasteiger partial charge is 0.129 e. The number of hydrogen-bond donors (Lipinski definition) is 1. The second-order valence-corrected chi connectivity index (χ2v) is 5.25. The normalized spacial score (nSPS) is 12.2. The summed E-state index contributed by atoms with van der Waals surface area (Å²) in [5, 5.41) is 0. The number of halogens is 3. The highest BCUT2D eigenvalue weighted by Crippen LogP contribution is 2.29. The average Bonchev–Trinajstić information content (AvgIpc) is 2.42. The summed E-state index contributed by atoms with van der Waals surface area (Å²) >= 11 is 3.39. The molecule has 0 bridgehead atoms. The molecule has 0 aliphatic carbocycles. The van der Waals surface area contributed by atoms with Gasteiger partial charge < -0.3 is 10.5 Å². The van der Waals surface area contributed by atoms with Crippen LogP contribution in [-0.4, -0.2) is 7.11 Å². The van der Waals surface area contributed by atoms with Gasteiger partial charge in [-0.2, -0.15) is 0 Å². The molecule has 0 saturated carbocycles. The summed E-state index contributed by atoms with van der Waals surface area (Å²) in [6.07, 6.45) is 0.0867. The van der Waals surface area contributed by atoms with Crippen LogP contribution in [0.5, 0.6) is 5.75 Å². The Morgan fingerprint density at radius 3 is 2.40 bits per heavy atom. The van der Waals surface area contributed by atoms with E-state index in [1.807, 2.05) is 0 Å². The zero-order valence-corrected chi connectivity index (χ0v) is 12.5. The lowest BCUT2D eigenvalue weighted by Crippen LogP contribution is -2.15. The highest BCUT2D eigenvalue weighted by molar-refractivity contribution is 9.10. The molecular weight excluding hydrogens is 328 g/mol. The lowest BCUT2D eigenvalue weighted by Gasteiger charge is -2.15. The maximum Gasteiger partial charge on any atom is 0.129 e. The maximum atomic E-state index is 13.6. The van der Waals surface area contributed by atoms with Crippen molar-refractivity contribution in [3.8, 4) is 5.75 Å². The molecule has 20 heavy (non-hydrogen) atoms. The van der Waals surface area contributed by atoms with Crippen LogP contribution >= 0.6 is 15.9 Å². The van der Waals surface area contributed by atoms with Gasteiger partial charge in [0.25, 0.3) is 0 Å². The van der Waals surface area contributed by atoms with Gasteiger partial charge in [0.15, 0.2) is 0 Å². The van der Waals surface area contributed by atoms with Crippen LogP contribution < -0.4 is 10.5 Å². The van der Waals surface area contributed by atoms with Crippen molar-refractivity contribution in [1.29, 1.82) is 0 Å². The topological polar surface area (TPSA) is 35.2 Å². The molecule has 2 N–H and O–H groups in total. The number of benzene rings is 2. The first kappa shape index (κ1) is 14.9. The van der Waals surface area contributed by atoms with E-state index >= 15 is 0 Å². The SMILES string of the molecule is COc1ccc(C(N)Cc2c(F)cccc2F)c(Br)c1. The predicted octanol–water partition coefficient (Wildman–Crippen LogP) is 3.98. The second-order valence-electron chi connectivity index (χ2n) is 4.40. The Bertz CT molecular complexity index is 599. The van der Waals surface area contributed by atoms with Gasteiger partial charge in [-0.1, -0.05) is 28.1 Å². The van der Waals surface area contributed by atoms with E-state index in [4.69, 9.17) is 10.5 Å². The van der Waals surface area contributed by atoms with Gasteiger partial charge in [-0.25, -0.2) is 8.78 Å². The predicted molar refractivity (Wildman–Crippen MR) is 77.7 cm³/mol. The Hall–Kier alpha value is -1.46. The fourth-order valence-corrected chi connectivity index (χ4v) is 2.64. The van der Waals surface area contributed by atoms with Crippen LogP contribution in [0.2, 0.25) is 0 Å². The molecule has 5 heteroatoms. The minimum Gasteiger partial charge on any atom is -0.497 e. The highest BCUT2D eigenvalue weighted by atomic mass is 79.9. The van der Waals surface area contributed by atoms with Crippen LogP contribution in [-0.2, 0) is 6.42 Å². The van der Waals surface area contributed by atoms with Crippen molar-refractivity contribution in [2.45, 2.75) is 12.5 Å². The van der Waals surface area contributed by atoms with Crippen LogP contribution in [0.3, 0.4) is 0 Å². The van der Waals surface area contributed by atoms with E-state index in [1.165, 1.54) is 18.2 Å². The van der Waals surface area contributed by atoms with Crippen LogP contribution in [0.25, 0.3) is 0 Å². The number of hydrogen-bond acceptors (Lipinski definition) is 2. The molecule has 2 nitrogen and oxygen atoms in total. The van der Waals surface area contributed by atoms with Gasteiger partial charge in [0, 0.05) is 16.1 Å². The molecule has 0 aromatic heterocycles. The minimum atomic E-state index is -0.579. The summed E-state index contributed by atoms with van der Waals surface area (Å²) in [6, 6.07) is 8.60. The van der Waals surface area contributed by atoms with Crippen molar-refractivity contribution in [3.05, 3.63) is 63.6 Å². The molecule has 0 aliphatic rings. The summed E-state index contributed by atoms with van der Waals surface area (Å²) < 4.78 is 33.1. The van der Waals surface area contributed by atoms with Gasteiger partial charge in [0.2, 0.25) is 0 Å². The largest absolute Gasteiger partial charge is 0.497 e. The van der Waals surface area contributed by atoms with Gasteiger partial charge in [-0.05, 0) is 36.2 Å². The van der Waals surface area contributed by atoms with Crippen molar-refractivity contribution < 1.29 is 13.5 Å². The Balaban J connectivity index is 2.26. The van der Waals surface area contributed by atoms with Crippen molar-refractivity contribution in [3.63, 3.8) is 0 Å². The molecule has 2 aromatic rings. The standard InChI is InChI=1S/C15H14BrF2NO/c1-20-9-5-6-10(12(16)7-9)15(19)8-11-13(17)3-2-4-14(11)18/h2-7,15H,8,19H2,1H3. The van der Waals surface area contributed by atoms with Gasteiger partial charge >= 0.3 is 0 Å². The van der Waals surface area contributed by atoms with Crippen LogP contribution in [0.15, 0.2) is 40.9 Å². The summed E-state index contributed by atoms with van der Waals surface area (Å²) in [5.41, 5.74) is 6.83. The van der Waals surface area contributed by atoms with Gasteiger partial charge in [0.05, 0.1) is 7.11 Å². The molecule has 1 unspecified atom stereocenters. The first-order chi connectivity index (χ1) is 9.52. The molecular formula is C15H14BrF2NO. The Labute approximate surface area is 124 Å². The molecule has 0 amide bonds. The molecule has 2 rings (SSSR count). The van der Waals surface area contributed by atoms with E-state index in [0.717, 1.165) is 10.0 Å². The van der Waals surface area contributed by atoms with Crippen molar-refractivity contribution >= 4 is 15.9 Å². The molecule has 0 saturated heterocycles. The molecule has 106 valence electrons. The monoisotopic (exact) mass is 341 g/mol. The first-order valence-electron chi connectivity index (χ1n) is 6.05. The summed E-state index contributed by atoms with van der Waals surface area (Å²) in [7, 11) is 1.57. The summed E-state index contributed by atoms with van der Waals surface area (Å²) in [5.74, 6) is -0.472. The zero-order valence-electron chi connectivity index (χ0n) is 10.9. The average molecular weight is 342 g/mol. The molecule has 0 fully saturated rings. The van der Waals surface area contributed by atoms with Crippen LogP contribution in [0.1, 0.15) is 17.2 Å². The molecule has 2 aromatic carbocycles. The second kappa shape index (κ2) is 6.33. The Morgan fingerprint density at radius 2 is 1.85 bits per heavy atom. The lowest BCUT2D eigenvalue weighted by atomic mass is 9.99. The molecule has 0 heterocycles. The molecule has 0 spiro atoms. The fourth-order valence-electron chi connectivity index (χ4n) is 1.99. The van der Waals surface area contributed by atoms with E-state index in [-0.39, 0.29) is 12.0 Å². The van der Waals surface area contributed by atoms with Crippen molar-refractivity contribution in [1.82, 2.24) is 0 Å². The van der Waals surface area contributed by atoms with E-state index in [0.29, 0.717) is 5.75 Å². The first-order valence-corrected chi connectivity index (χ1v) is 6.84. The van der Waals surface area contributed by atoms with Gasteiger partial charge in [-0.3, -0.25) is 0 Å². The minimum absolute atomic E-state index is 0.00252. The number of rotatable bonds is 4. The number of methoxy groups -OCH3 is 1. The summed E-state index contributed by atoms with van der Waals surface area (Å²) in [4.78, 5) is 0. The third kappa shape index (κ3) is 3.16. The van der Waals surface area contributed by atoms with Crippen LogP contribution in [0.4, 0.5) is 8.78 Å². The van der Waals surface area contributed by atoms with Crippen LogP contribution in [0, 0.1) is 11.6 Å². The zero-order chi connectivity index (χ0) is 14.7. The van der Waals surface area contributed by atoms with E-state index in [9.17, 15) is 8.78 Å². The number of nitrogens with two attached hydrogens (primary N) is 1. The third-order valence-corrected chi connectivity index (χ3v) is 3.78. The van der Waals surface area contributed by atoms with E-state index in [2.05, 4.69) is 15.9 Å². The van der Waals surface area contributed by atoms with Gasteiger partial charge in [0.1, 0.15) is 17.4 Å². The Morgan fingerprint density at radius 1 is 1.20 bits per heavy atom. The highest BCUT2D eigenvalue weighted by Gasteiger charge is 2.16. The quantitative estimate of drug-likeness (QED) is 0.912. The number of ether oxygens (including phenoxy) is 1. The molecule has 0 radical (unpaired) electrons. The lowest BCUT2D eigenvalue weighted by molar-refractivity contribution is 0.414. The maximum absolute atomic E-state index is 13.6. The summed E-state index contributed by atoms with van der Waals surface area (Å²) in [6.45, 7) is 0. The molecule has 1 atom stereocenters. The van der Waals surface area contributed by atoms with Gasteiger partial charge in [-0.15, -0.1) is 0 Å². The van der Waals surface area contributed by atoms with Crippen molar-refractivity contribution in [2.75, 3.05) is 7.11 Å². The van der Waals surface area contributed by atoms with Crippen molar-refractivity contribution in [2.24, 2.45) is 5.73 Å².